The van der Waals surface area contributed by atoms with E-state index in [0.717, 1.165) is 31.5 Å². The molecule has 0 amide bonds. The largest absolute Gasteiger partial charge is 0.436 e. The number of hydrogen-bond acceptors (Lipinski definition) is 6. The highest BCUT2D eigenvalue weighted by Gasteiger charge is 2.45. The summed E-state index contributed by atoms with van der Waals surface area (Å²) in [7, 11) is -2.47. The van der Waals surface area contributed by atoms with Crippen LogP contribution < -0.4 is 0 Å². The van der Waals surface area contributed by atoms with Crippen LogP contribution >= 0.6 is 0 Å². The minimum atomic E-state index is -2.38. The van der Waals surface area contributed by atoms with Crippen LogP contribution in [-0.2, 0) is 26.6 Å². The predicted octanol–water partition coefficient (Wildman–Crippen LogP) is 6.89. The summed E-state index contributed by atoms with van der Waals surface area (Å²) in [6.45, 7) is 18.0. The molecule has 0 saturated heterocycles. The van der Waals surface area contributed by atoms with Crippen molar-refractivity contribution in [2.75, 3.05) is 41.2 Å². The van der Waals surface area contributed by atoms with Crippen molar-refractivity contribution >= 4 is 33.8 Å². The molecule has 10 heteroatoms. The van der Waals surface area contributed by atoms with Gasteiger partial charge < -0.3 is 26.6 Å². The molecule has 0 heterocycles. The molecule has 2 atom stereocenters. The van der Waals surface area contributed by atoms with Crippen molar-refractivity contribution in [1.29, 1.82) is 0 Å². The second-order valence-corrected chi connectivity index (χ2v) is 26.8. The average Bonchev–Trinajstić information content (AvgIpc) is 2.72. The lowest BCUT2D eigenvalue weighted by Gasteiger charge is -2.41. The Morgan fingerprint density at radius 3 is 1.64 bits per heavy atom. The highest BCUT2D eigenvalue weighted by atomic mass is 28.5. The lowest BCUT2D eigenvalue weighted by molar-refractivity contribution is 0.0703. The van der Waals surface area contributed by atoms with Gasteiger partial charge in [-0.15, -0.1) is 0 Å². The summed E-state index contributed by atoms with van der Waals surface area (Å²) < 4.78 is 36.2. The topological polar surface area (TPSA) is 55.4 Å². The molecular weight excluding hydrogens is 485 g/mol. The highest BCUT2D eigenvalue weighted by molar-refractivity contribution is 6.87. The molecule has 0 radical (unpaired) electrons. The van der Waals surface area contributed by atoms with E-state index in [2.05, 4.69) is 46.2 Å². The highest BCUT2D eigenvalue weighted by Crippen LogP contribution is 2.30. The van der Waals surface area contributed by atoms with Gasteiger partial charge in [-0.25, -0.2) is 0 Å². The molecule has 0 bridgehead atoms. The third kappa shape index (κ3) is 16.8. The zero-order chi connectivity index (χ0) is 25.4. The third-order valence-corrected chi connectivity index (χ3v) is 21.4. The van der Waals surface area contributed by atoms with Crippen molar-refractivity contribution in [1.82, 2.24) is 0 Å². The van der Waals surface area contributed by atoms with Gasteiger partial charge in [-0.1, -0.05) is 39.0 Å². The first kappa shape index (κ1) is 33.6. The third-order valence-electron chi connectivity index (χ3n) is 6.27. The Labute approximate surface area is 210 Å². The fourth-order valence-corrected chi connectivity index (χ4v) is 19.3. The molecule has 0 aliphatic rings. The van der Waals surface area contributed by atoms with Crippen molar-refractivity contribution in [2.45, 2.75) is 109 Å². The van der Waals surface area contributed by atoms with Gasteiger partial charge in [0.2, 0.25) is 0 Å². The van der Waals surface area contributed by atoms with E-state index in [1.807, 2.05) is 7.11 Å². The molecule has 0 saturated carbocycles. The molecule has 200 valence electrons. The molecule has 0 spiro atoms. The normalized spacial score (nSPS) is 16.5. The molecule has 0 fully saturated rings. The molecule has 0 rings (SSSR count). The van der Waals surface area contributed by atoms with E-state index in [0.29, 0.717) is 13.2 Å². The van der Waals surface area contributed by atoms with Crippen molar-refractivity contribution in [3.8, 4) is 0 Å². The van der Waals surface area contributed by atoms with Gasteiger partial charge >= 0.3 is 17.1 Å². The summed E-state index contributed by atoms with van der Waals surface area (Å²) in [5, 5.41) is 0. The van der Waals surface area contributed by atoms with E-state index in [1.165, 1.54) is 37.8 Å². The van der Waals surface area contributed by atoms with Crippen LogP contribution in [0.25, 0.3) is 0 Å². The lowest BCUT2D eigenvalue weighted by atomic mass is 10.2. The van der Waals surface area contributed by atoms with Crippen LogP contribution in [0, 0.1) is 0 Å². The van der Waals surface area contributed by atoms with Crippen LogP contribution in [0.4, 0.5) is 0 Å². The molecule has 0 aromatic rings. The molecule has 6 nitrogen and oxygen atoms in total. The molecular formula is C23H56O6Si4. The van der Waals surface area contributed by atoms with Crippen LogP contribution in [0.3, 0.4) is 0 Å². The van der Waals surface area contributed by atoms with Gasteiger partial charge in [0, 0.05) is 27.9 Å². The Kier molecular flexibility index (Phi) is 17.5. The van der Waals surface area contributed by atoms with Gasteiger partial charge in [-0.05, 0) is 69.9 Å². The summed E-state index contributed by atoms with van der Waals surface area (Å²) >= 11 is 0. The maximum absolute atomic E-state index is 6.99. The van der Waals surface area contributed by atoms with Gasteiger partial charge in [0.1, 0.15) is 0 Å². The van der Waals surface area contributed by atoms with Crippen LogP contribution in [0.15, 0.2) is 0 Å². The number of hydrogen-bond donors (Lipinski definition) is 0. The average molecular weight is 541 g/mol. The summed E-state index contributed by atoms with van der Waals surface area (Å²) in [6.07, 6.45) is 7.12. The van der Waals surface area contributed by atoms with Gasteiger partial charge in [0.25, 0.3) is 0 Å². The second kappa shape index (κ2) is 17.1. The molecule has 0 N–H and O–H groups in total. The van der Waals surface area contributed by atoms with Crippen LogP contribution in [0.2, 0.25) is 63.5 Å². The van der Waals surface area contributed by atoms with Gasteiger partial charge in [0.05, 0.1) is 13.2 Å². The monoisotopic (exact) mass is 540 g/mol. The first-order valence-corrected chi connectivity index (χ1v) is 24.2. The minimum absolute atomic E-state index is 0.637. The maximum Gasteiger partial charge on any atom is 0.325 e. The van der Waals surface area contributed by atoms with Crippen molar-refractivity contribution in [2.24, 2.45) is 0 Å². The SMILES string of the molecule is CCC[Si](C)(OC)O[Si](C)(CCCOCCOC)O[Si](C)(C)CCCCCC[Si](C)(C)OC. The predicted molar refractivity (Wildman–Crippen MR) is 150 cm³/mol. The Morgan fingerprint density at radius 1 is 0.515 bits per heavy atom. The van der Waals surface area contributed by atoms with Crippen molar-refractivity contribution in [3.63, 3.8) is 0 Å². The molecule has 2 unspecified atom stereocenters. The first-order valence-electron chi connectivity index (χ1n) is 12.9. The van der Waals surface area contributed by atoms with E-state index >= 15 is 0 Å². The quantitative estimate of drug-likeness (QED) is 0.110. The first-order chi connectivity index (χ1) is 15.4. The summed E-state index contributed by atoms with van der Waals surface area (Å²) in [6, 6.07) is 4.39. The Bertz CT molecular complexity index is 498. The van der Waals surface area contributed by atoms with Gasteiger partial charge in [-0.2, -0.15) is 0 Å². The minimum Gasteiger partial charge on any atom is -0.436 e. The zero-order valence-corrected chi connectivity index (χ0v) is 27.6. The van der Waals surface area contributed by atoms with Crippen molar-refractivity contribution in [3.05, 3.63) is 0 Å². The number of unbranched alkanes of at least 4 members (excludes halogenated alkanes) is 3. The summed E-state index contributed by atoms with van der Waals surface area (Å²) in [4.78, 5) is 0. The van der Waals surface area contributed by atoms with Crippen LogP contribution in [0.5, 0.6) is 0 Å². The fraction of sp³-hybridized carbons (Fsp3) is 1.00. The molecule has 0 aromatic carbocycles. The fourth-order valence-electron chi connectivity index (χ4n) is 4.16. The van der Waals surface area contributed by atoms with Gasteiger partial charge in [-0.3, -0.25) is 0 Å². The van der Waals surface area contributed by atoms with E-state index in [-0.39, 0.29) is 0 Å². The lowest BCUT2D eigenvalue weighted by Crippen LogP contribution is -2.56. The van der Waals surface area contributed by atoms with E-state index < -0.39 is 33.8 Å². The number of rotatable bonds is 22. The van der Waals surface area contributed by atoms with Crippen molar-refractivity contribution < 1.29 is 26.6 Å². The van der Waals surface area contributed by atoms with Crippen LogP contribution in [-0.4, -0.2) is 74.9 Å². The summed E-state index contributed by atoms with van der Waals surface area (Å²) in [5.41, 5.74) is 0. The Balaban J connectivity index is 4.83. The maximum atomic E-state index is 6.99. The molecule has 0 aliphatic carbocycles. The second-order valence-electron chi connectivity index (χ2n) is 10.8. The summed E-state index contributed by atoms with van der Waals surface area (Å²) in [5.74, 6) is 0. The zero-order valence-electron chi connectivity index (χ0n) is 23.6. The molecule has 0 aromatic heterocycles. The smallest absolute Gasteiger partial charge is 0.325 e. The molecule has 0 aliphatic heterocycles. The Morgan fingerprint density at radius 2 is 1.12 bits per heavy atom. The number of ether oxygens (including phenoxy) is 2. The van der Waals surface area contributed by atoms with E-state index in [4.69, 9.17) is 26.6 Å². The van der Waals surface area contributed by atoms with E-state index in [1.54, 1.807) is 14.2 Å². The molecule has 33 heavy (non-hydrogen) atoms. The Hall–Kier alpha value is 0.628. The van der Waals surface area contributed by atoms with Crippen LogP contribution in [0.1, 0.15) is 45.4 Å². The van der Waals surface area contributed by atoms with E-state index in [9.17, 15) is 0 Å². The van der Waals surface area contributed by atoms with Gasteiger partial charge in [0.15, 0.2) is 16.6 Å². The number of methoxy groups -OCH3 is 1. The standard InChI is InChI=1S/C23H56O6Si4/c1-11-20-32(9,26-4)29-33(10,23-16-17-27-19-18-24-2)28-31(7,8)22-15-13-12-14-21-30(5,6)25-3/h11-23H2,1-10H3.